The molecule has 3 nitrogen and oxygen atoms in total. The van der Waals surface area contributed by atoms with Crippen molar-refractivity contribution >= 4 is 21.6 Å². The van der Waals surface area contributed by atoms with Crippen LogP contribution in [0.3, 0.4) is 0 Å². The van der Waals surface area contributed by atoms with Gasteiger partial charge >= 0.3 is 0 Å². The maximum absolute atomic E-state index is 5.70. The number of ether oxygens (including phenoxy) is 1. The van der Waals surface area contributed by atoms with Gasteiger partial charge in [-0.25, -0.2) is 0 Å². The molecule has 0 spiro atoms. The van der Waals surface area contributed by atoms with Crippen molar-refractivity contribution in [2.75, 3.05) is 38.1 Å². The van der Waals surface area contributed by atoms with Crippen molar-refractivity contribution in [3.05, 3.63) is 28.7 Å². The summed E-state index contributed by atoms with van der Waals surface area (Å²) in [5.74, 6) is 0. The Balaban J connectivity index is 1.70. The van der Waals surface area contributed by atoms with Crippen LogP contribution >= 0.6 is 15.9 Å². The normalized spacial score (nSPS) is 19.0. The van der Waals surface area contributed by atoms with E-state index in [0.29, 0.717) is 6.10 Å². The Morgan fingerprint density at radius 2 is 2.37 bits per heavy atom. The van der Waals surface area contributed by atoms with Crippen LogP contribution in [0, 0.1) is 0 Å². The minimum absolute atomic E-state index is 0.450. The molecule has 2 rings (SSSR count). The Morgan fingerprint density at radius 1 is 1.47 bits per heavy atom. The molecular weight excluding hydrogens is 304 g/mol. The lowest BCUT2D eigenvalue weighted by Gasteiger charge is -2.23. The van der Waals surface area contributed by atoms with E-state index in [4.69, 9.17) is 4.74 Å². The molecule has 1 aliphatic heterocycles. The van der Waals surface area contributed by atoms with E-state index < -0.39 is 0 Å². The van der Waals surface area contributed by atoms with E-state index in [1.807, 2.05) is 6.07 Å². The summed E-state index contributed by atoms with van der Waals surface area (Å²) in [4.78, 5) is 2.46. The van der Waals surface area contributed by atoms with Gasteiger partial charge in [0, 0.05) is 36.4 Å². The van der Waals surface area contributed by atoms with Gasteiger partial charge in [-0.15, -0.1) is 0 Å². The highest BCUT2D eigenvalue weighted by Gasteiger charge is 2.17. The Kier molecular flexibility index (Phi) is 6.14. The molecule has 1 aromatic rings. The first kappa shape index (κ1) is 14.8. The Labute approximate surface area is 124 Å². The molecule has 0 aromatic heterocycles. The van der Waals surface area contributed by atoms with Gasteiger partial charge in [-0.3, -0.25) is 4.90 Å². The predicted molar refractivity (Wildman–Crippen MR) is 83.7 cm³/mol. The molecule has 0 saturated carbocycles. The van der Waals surface area contributed by atoms with E-state index in [1.54, 1.807) is 0 Å². The van der Waals surface area contributed by atoms with Crippen molar-refractivity contribution in [1.82, 2.24) is 4.90 Å². The number of nitrogens with zero attached hydrogens (tertiary/aromatic N) is 1. The van der Waals surface area contributed by atoms with E-state index in [2.05, 4.69) is 51.3 Å². The Hall–Kier alpha value is -0.580. The number of rotatable bonds is 7. The molecule has 1 unspecified atom stereocenters. The molecule has 0 bridgehead atoms. The monoisotopic (exact) mass is 326 g/mol. The summed E-state index contributed by atoms with van der Waals surface area (Å²) in [7, 11) is 0. The fraction of sp³-hybridized carbons (Fsp3) is 0.600. The molecule has 1 aromatic carbocycles. The molecule has 1 N–H and O–H groups in total. The van der Waals surface area contributed by atoms with Crippen molar-refractivity contribution in [3.63, 3.8) is 0 Å². The van der Waals surface area contributed by atoms with Crippen LogP contribution in [0.25, 0.3) is 0 Å². The summed E-state index contributed by atoms with van der Waals surface area (Å²) in [6, 6.07) is 8.30. The molecule has 1 heterocycles. The zero-order valence-corrected chi connectivity index (χ0v) is 13.2. The van der Waals surface area contributed by atoms with Gasteiger partial charge < -0.3 is 10.1 Å². The zero-order valence-electron chi connectivity index (χ0n) is 11.6. The molecule has 1 aliphatic rings. The lowest BCUT2D eigenvalue weighted by molar-refractivity contribution is 0.0761. The van der Waals surface area contributed by atoms with Crippen molar-refractivity contribution < 1.29 is 4.74 Å². The highest BCUT2D eigenvalue weighted by Crippen LogP contribution is 2.16. The third-order valence-electron chi connectivity index (χ3n) is 3.51. The minimum Gasteiger partial charge on any atom is -0.384 e. The van der Waals surface area contributed by atoms with E-state index in [0.717, 1.165) is 37.3 Å². The number of benzene rings is 1. The SMILES string of the molecule is CCN(CCNc1cccc(Br)c1)CC1CCCO1. The number of anilines is 1. The first-order chi connectivity index (χ1) is 9.28. The maximum atomic E-state index is 5.70. The second kappa shape index (κ2) is 7.88. The Bertz CT molecular complexity index is 380. The number of hydrogen-bond acceptors (Lipinski definition) is 3. The summed E-state index contributed by atoms with van der Waals surface area (Å²) in [6.45, 7) is 7.34. The molecule has 0 aliphatic carbocycles. The molecule has 1 fully saturated rings. The highest BCUT2D eigenvalue weighted by molar-refractivity contribution is 9.10. The summed E-state index contributed by atoms with van der Waals surface area (Å²) >= 11 is 3.49. The molecule has 1 saturated heterocycles. The van der Waals surface area contributed by atoms with Gasteiger partial charge in [0.2, 0.25) is 0 Å². The Morgan fingerprint density at radius 3 is 3.05 bits per heavy atom. The second-order valence-electron chi connectivity index (χ2n) is 4.97. The van der Waals surface area contributed by atoms with E-state index >= 15 is 0 Å². The van der Waals surface area contributed by atoms with Crippen molar-refractivity contribution in [3.8, 4) is 0 Å². The van der Waals surface area contributed by atoms with Gasteiger partial charge in [-0.1, -0.05) is 28.9 Å². The van der Waals surface area contributed by atoms with Gasteiger partial charge in [-0.2, -0.15) is 0 Å². The van der Waals surface area contributed by atoms with Crippen LogP contribution in [0.4, 0.5) is 5.69 Å². The highest BCUT2D eigenvalue weighted by atomic mass is 79.9. The van der Waals surface area contributed by atoms with Crippen LogP contribution in [0.15, 0.2) is 28.7 Å². The van der Waals surface area contributed by atoms with E-state index in [9.17, 15) is 0 Å². The molecule has 1 atom stereocenters. The van der Waals surface area contributed by atoms with Crippen LogP contribution in [0.1, 0.15) is 19.8 Å². The first-order valence-electron chi connectivity index (χ1n) is 7.11. The summed E-state index contributed by atoms with van der Waals surface area (Å²) in [5.41, 5.74) is 1.17. The van der Waals surface area contributed by atoms with Gasteiger partial charge in [0.05, 0.1) is 6.10 Å². The lowest BCUT2D eigenvalue weighted by atomic mass is 10.2. The summed E-state index contributed by atoms with van der Waals surface area (Å²) in [6.07, 6.45) is 2.89. The average molecular weight is 327 g/mol. The molecule has 4 heteroatoms. The predicted octanol–water partition coefficient (Wildman–Crippen LogP) is 3.36. The molecule has 0 radical (unpaired) electrons. The smallest absolute Gasteiger partial charge is 0.0702 e. The topological polar surface area (TPSA) is 24.5 Å². The fourth-order valence-corrected chi connectivity index (χ4v) is 2.81. The number of hydrogen-bond donors (Lipinski definition) is 1. The fourth-order valence-electron chi connectivity index (χ4n) is 2.41. The van der Waals surface area contributed by atoms with Crippen LogP contribution in [0.5, 0.6) is 0 Å². The number of halogens is 1. The standard InChI is InChI=1S/C15H23BrN2O/c1-2-18(12-15-7-4-10-19-15)9-8-17-14-6-3-5-13(16)11-14/h3,5-6,11,15,17H,2,4,7-10,12H2,1H3. The third kappa shape index (κ3) is 5.13. The van der Waals surface area contributed by atoms with Crippen LogP contribution < -0.4 is 5.32 Å². The average Bonchev–Trinajstić information content (AvgIpc) is 2.90. The molecular formula is C15H23BrN2O. The van der Waals surface area contributed by atoms with Gasteiger partial charge in [0.1, 0.15) is 0 Å². The van der Waals surface area contributed by atoms with Crippen LogP contribution in [-0.2, 0) is 4.74 Å². The number of nitrogens with one attached hydrogen (secondary N) is 1. The van der Waals surface area contributed by atoms with Crippen molar-refractivity contribution in [2.24, 2.45) is 0 Å². The van der Waals surface area contributed by atoms with Crippen molar-refractivity contribution in [1.29, 1.82) is 0 Å². The van der Waals surface area contributed by atoms with Gasteiger partial charge in [0.25, 0.3) is 0 Å². The second-order valence-corrected chi connectivity index (χ2v) is 5.88. The van der Waals surface area contributed by atoms with E-state index in [-0.39, 0.29) is 0 Å². The van der Waals surface area contributed by atoms with Crippen LogP contribution in [-0.4, -0.2) is 43.8 Å². The van der Waals surface area contributed by atoms with Crippen molar-refractivity contribution in [2.45, 2.75) is 25.9 Å². The zero-order chi connectivity index (χ0) is 13.5. The third-order valence-corrected chi connectivity index (χ3v) is 4.01. The largest absolute Gasteiger partial charge is 0.384 e. The summed E-state index contributed by atoms with van der Waals surface area (Å²) in [5, 5.41) is 3.46. The van der Waals surface area contributed by atoms with Crippen LogP contribution in [0.2, 0.25) is 0 Å². The first-order valence-corrected chi connectivity index (χ1v) is 7.90. The van der Waals surface area contributed by atoms with E-state index in [1.165, 1.54) is 18.5 Å². The molecule has 0 amide bonds. The summed E-state index contributed by atoms with van der Waals surface area (Å²) < 4.78 is 6.81. The minimum atomic E-state index is 0.450. The van der Waals surface area contributed by atoms with Gasteiger partial charge in [-0.05, 0) is 37.6 Å². The number of likely N-dealkylation sites (N-methyl/N-ethyl adjacent to an activating group) is 1. The molecule has 106 valence electrons. The van der Waals surface area contributed by atoms with Gasteiger partial charge in [0.15, 0.2) is 0 Å². The maximum Gasteiger partial charge on any atom is 0.0702 e. The lowest BCUT2D eigenvalue weighted by Crippen LogP contribution is -2.35. The molecule has 19 heavy (non-hydrogen) atoms. The quantitative estimate of drug-likeness (QED) is 0.831.